The number of aromatic nitrogens is 2. The second-order valence-corrected chi connectivity index (χ2v) is 7.78. The predicted octanol–water partition coefficient (Wildman–Crippen LogP) is 1.78. The van der Waals surface area contributed by atoms with Gasteiger partial charge in [0.1, 0.15) is 17.6 Å². The first kappa shape index (κ1) is 19.3. The van der Waals surface area contributed by atoms with E-state index in [2.05, 4.69) is 10.3 Å². The lowest BCUT2D eigenvalue weighted by Crippen LogP contribution is -2.53. The topological polar surface area (TPSA) is 79.7 Å². The van der Waals surface area contributed by atoms with E-state index in [9.17, 15) is 9.59 Å². The number of urea groups is 1. The van der Waals surface area contributed by atoms with Crippen LogP contribution in [-0.2, 0) is 11.8 Å². The fourth-order valence-electron chi connectivity index (χ4n) is 4.43. The molecule has 2 saturated heterocycles. The summed E-state index contributed by atoms with van der Waals surface area (Å²) in [7, 11) is 5.34. The molecular weight excluding hydrogens is 370 g/mol. The third kappa shape index (κ3) is 3.54. The van der Waals surface area contributed by atoms with Gasteiger partial charge in [-0.3, -0.25) is 4.79 Å². The molecule has 4 rings (SSSR count). The van der Waals surface area contributed by atoms with Crippen molar-refractivity contribution in [2.24, 2.45) is 13.0 Å². The van der Waals surface area contributed by atoms with E-state index in [1.54, 1.807) is 18.2 Å². The number of carbonyl (C=O) groups excluding carboxylic acids is 2. The summed E-state index contributed by atoms with van der Waals surface area (Å²) in [4.78, 5) is 33.7. The van der Waals surface area contributed by atoms with E-state index < -0.39 is 6.04 Å². The van der Waals surface area contributed by atoms with Gasteiger partial charge in [-0.2, -0.15) is 0 Å². The van der Waals surface area contributed by atoms with E-state index in [1.807, 2.05) is 54.0 Å². The van der Waals surface area contributed by atoms with Crippen molar-refractivity contribution >= 4 is 11.9 Å². The monoisotopic (exact) mass is 397 g/mol. The van der Waals surface area contributed by atoms with Crippen LogP contribution in [0.4, 0.5) is 4.79 Å². The minimum absolute atomic E-state index is 0.0702. The normalized spacial score (nSPS) is 22.4. The molecule has 2 aromatic rings. The minimum Gasteiger partial charge on any atom is -0.497 e. The molecule has 2 aliphatic heterocycles. The molecular formula is C21H27N5O3. The number of likely N-dealkylation sites (N-methyl/N-ethyl adjacent to an activating group) is 1. The average molecular weight is 397 g/mol. The van der Waals surface area contributed by atoms with Gasteiger partial charge in [-0.1, -0.05) is 12.1 Å². The number of carbonyl (C=O) groups is 2. The number of imidazole rings is 1. The number of benzene rings is 1. The highest BCUT2D eigenvalue weighted by atomic mass is 16.5. The summed E-state index contributed by atoms with van der Waals surface area (Å²) in [5, 5.41) is 3.16. The number of amides is 3. The molecule has 3 atom stereocenters. The van der Waals surface area contributed by atoms with Crippen LogP contribution in [0.5, 0.6) is 5.75 Å². The van der Waals surface area contributed by atoms with Crippen molar-refractivity contribution in [3.63, 3.8) is 0 Å². The van der Waals surface area contributed by atoms with Crippen molar-refractivity contribution in [2.45, 2.75) is 24.9 Å². The van der Waals surface area contributed by atoms with Crippen molar-refractivity contribution < 1.29 is 14.3 Å². The SMILES string of the molecule is COc1ccc(C(NC(=O)N2CCC[C@H]3C(=O)N(C)C[C@H]32)c2nccn2C)cc1. The first-order chi connectivity index (χ1) is 14.0. The molecule has 2 fully saturated rings. The number of aryl methyl sites for hydroxylation is 1. The quantitative estimate of drug-likeness (QED) is 0.853. The van der Waals surface area contributed by atoms with Crippen LogP contribution in [0, 0.1) is 5.92 Å². The molecule has 8 heteroatoms. The number of piperidine rings is 1. The smallest absolute Gasteiger partial charge is 0.318 e. The third-order valence-electron chi connectivity index (χ3n) is 6.03. The highest BCUT2D eigenvalue weighted by Crippen LogP contribution is 2.32. The highest BCUT2D eigenvalue weighted by molar-refractivity contribution is 5.84. The number of fused-ring (bicyclic) bond motifs is 1. The van der Waals surface area contributed by atoms with Crippen LogP contribution in [-0.4, -0.2) is 64.6 Å². The van der Waals surface area contributed by atoms with Crippen molar-refractivity contribution in [1.82, 2.24) is 24.7 Å². The fourth-order valence-corrected chi connectivity index (χ4v) is 4.43. The Morgan fingerprint density at radius 3 is 2.69 bits per heavy atom. The van der Waals surface area contributed by atoms with Gasteiger partial charge in [-0.05, 0) is 30.5 Å². The van der Waals surface area contributed by atoms with Gasteiger partial charge in [0.15, 0.2) is 0 Å². The van der Waals surface area contributed by atoms with Crippen LogP contribution < -0.4 is 10.1 Å². The summed E-state index contributed by atoms with van der Waals surface area (Å²) in [6, 6.07) is 6.99. The predicted molar refractivity (Wildman–Crippen MR) is 107 cm³/mol. The molecule has 2 aliphatic rings. The van der Waals surface area contributed by atoms with Crippen LogP contribution in [0.3, 0.4) is 0 Å². The zero-order valence-electron chi connectivity index (χ0n) is 17.0. The van der Waals surface area contributed by atoms with Gasteiger partial charge in [0.2, 0.25) is 5.91 Å². The maximum atomic E-state index is 13.3. The van der Waals surface area contributed by atoms with Crippen LogP contribution >= 0.6 is 0 Å². The Balaban J connectivity index is 1.59. The molecule has 0 bridgehead atoms. The molecule has 0 saturated carbocycles. The number of ether oxygens (including phenoxy) is 1. The lowest BCUT2D eigenvalue weighted by molar-refractivity contribution is -0.130. The van der Waals surface area contributed by atoms with E-state index >= 15 is 0 Å². The Labute approximate surface area is 170 Å². The van der Waals surface area contributed by atoms with Crippen molar-refractivity contribution in [3.05, 3.63) is 48.0 Å². The second-order valence-electron chi connectivity index (χ2n) is 7.78. The van der Waals surface area contributed by atoms with E-state index in [0.29, 0.717) is 13.1 Å². The maximum absolute atomic E-state index is 13.3. The first-order valence-corrected chi connectivity index (χ1v) is 9.93. The van der Waals surface area contributed by atoms with Gasteiger partial charge in [0, 0.05) is 39.6 Å². The van der Waals surface area contributed by atoms with Gasteiger partial charge in [-0.25, -0.2) is 9.78 Å². The minimum atomic E-state index is -0.399. The van der Waals surface area contributed by atoms with Crippen molar-refractivity contribution in [1.29, 1.82) is 0 Å². The Kier molecular flexibility index (Phi) is 5.17. The maximum Gasteiger partial charge on any atom is 0.318 e. The third-order valence-corrected chi connectivity index (χ3v) is 6.03. The largest absolute Gasteiger partial charge is 0.497 e. The molecule has 3 amide bonds. The summed E-state index contributed by atoms with van der Waals surface area (Å²) < 4.78 is 7.16. The lowest BCUT2D eigenvalue weighted by atomic mass is 9.92. The summed E-state index contributed by atoms with van der Waals surface area (Å²) >= 11 is 0. The average Bonchev–Trinajstić information content (AvgIpc) is 3.29. The molecule has 8 nitrogen and oxygen atoms in total. The Hall–Kier alpha value is -3.03. The fraction of sp³-hybridized carbons (Fsp3) is 0.476. The van der Waals surface area contributed by atoms with Gasteiger partial charge in [0.05, 0.1) is 19.1 Å². The Morgan fingerprint density at radius 2 is 2.03 bits per heavy atom. The zero-order valence-corrected chi connectivity index (χ0v) is 17.0. The van der Waals surface area contributed by atoms with Crippen LogP contribution in [0.1, 0.15) is 30.3 Å². The molecule has 1 N–H and O–H groups in total. The van der Waals surface area contributed by atoms with Crippen LogP contribution in [0.15, 0.2) is 36.7 Å². The molecule has 0 aliphatic carbocycles. The Morgan fingerprint density at radius 1 is 1.28 bits per heavy atom. The van der Waals surface area contributed by atoms with Gasteiger partial charge in [-0.15, -0.1) is 0 Å². The van der Waals surface area contributed by atoms with E-state index in [-0.39, 0.29) is 23.9 Å². The lowest BCUT2D eigenvalue weighted by Gasteiger charge is -2.36. The summed E-state index contributed by atoms with van der Waals surface area (Å²) in [5.41, 5.74) is 0.918. The van der Waals surface area contributed by atoms with Gasteiger partial charge >= 0.3 is 6.03 Å². The first-order valence-electron chi connectivity index (χ1n) is 9.93. The van der Waals surface area contributed by atoms with Crippen LogP contribution in [0.2, 0.25) is 0 Å². The molecule has 3 heterocycles. The number of methoxy groups -OCH3 is 1. The summed E-state index contributed by atoms with van der Waals surface area (Å²) in [5.74, 6) is 1.55. The van der Waals surface area contributed by atoms with Crippen molar-refractivity contribution in [3.8, 4) is 5.75 Å². The molecule has 1 unspecified atom stereocenters. The molecule has 154 valence electrons. The van der Waals surface area contributed by atoms with Crippen LogP contribution in [0.25, 0.3) is 0 Å². The summed E-state index contributed by atoms with van der Waals surface area (Å²) in [6.07, 6.45) is 5.27. The number of hydrogen-bond donors (Lipinski definition) is 1. The van der Waals surface area contributed by atoms with Crippen molar-refractivity contribution in [2.75, 3.05) is 27.2 Å². The number of nitrogens with one attached hydrogen (secondary N) is 1. The van der Waals surface area contributed by atoms with E-state index in [0.717, 1.165) is 30.0 Å². The number of hydrogen-bond acceptors (Lipinski definition) is 4. The van der Waals surface area contributed by atoms with Gasteiger partial charge in [0.25, 0.3) is 0 Å². The van der Waals surface area contributed by atoms with E-state index in [1.165, 1.54) is 0 Å². The standard InChI is InChI=1S/C21H27N5O3/c1-24-12-10-22-19(24)18(14-6-8-15(29-3)9-7-14)23-21(28)26-11-4-5-16-17(26)13-25(2)20(16)27/h6-10,12,16-18H,4-5,11,13H2,1-3H3,(H,23,28)/t16-,17-,18?/m1/s1. The molecule has 29 heavy (non-hydrogen) atoms. The second kappa shape index (κ2) is 7.77. The number of rotatable bonds is 4. The van der Waals surface area contributed by atoms with E-state index in [4.69, 9.17) is 4.74 Å². The van der Waals surface area contributed by atoms with Gasteiger partial charge < -0.3 is 24.4 Å². The highest BCUT2D eigenvalue weighted by Gasteiger charge is 2.45. The Bertz CT molecular complexity index is 894. The zero-order chi connectivity index (χ0) is 20.5. The molecule has 0 spiro atoms. The molecule has 0 radical (unpaired) electrons. The summed E-state index contributed by atoms with van der Waals surface area (Å²) in [6.45, 7) is 1.25. The number of nitrogens with zero attached hydrogens (tertiary/aromatic N) is 4. The number of likely N-dealkylation sites (tertiary alicyclic amines) is 2. The molecule has 1 aromatic heterocycles. The molecule has 1 aromatic carbocycles.